The first-order valence-electron chi connectivity index (χ1n) is 9.03. The van der Waals surface area contributed by atoms with Gasteiger partial charge in [0.1, 0.15) is 23.6 Å². The zero-order valence-electron chi connectivity index (χ0n) is 15.9. The molecular weight excluding hydrogens is 350 g/mol. The molecule has 0 spiro atoms. The fourth-order valence-electron chi connectivity index (χ4n) is 3.44. The summed E-state index contributed by atoms with van der Waals surface area (Å²) in [5, 5.41) is 0. The van der Waals surface area contributed by atoms with Crippen LogP contribution in [0.4, 0.5) is 4.79 Å². The van der Waals surface area contributed by atoms with E-state index in [9.17, 15) is 14.4 Å². The standard InChI is InChI=1S/C19H25N3O5/c1-20-16(18(24)21(2)19(20)25)12-17(23)22-10-8-15(9-11-22)27-14-6-4-13(26-3)5-7-14/h4-7,15-16H,8-12H2,1-3H3/t16-/m0/s1. The second-order valence-electron chi connectivity index (χ2n) is 6.88. The van der Waals surface area contributed by atoms with Crippen LogP contribution in [0.5, 0.6) is 11.5 Å². The van der Waals surface area contributed by atoms with Gasteiger partial charge < -0.3 is 19.3 Å². The third-order valence-electron chi connectivity index (χ3n) is 5.20. The molecule has 1 aromatic carbocycles. The minimum atomic E-state index is -0.705. The fourth-order valence-corrected chi connectivity index (χ4v) is 3.44. The third kappa shape index (κ3) is 3.99. The number of urea groups is 1. The van der Waals surface area contributed by atoms with E-state index < -0.39 is 6.04 Å². The predicted octanol–water partition coefficient (Wildman–Crippen LogP) is 1.35. The Balaban J connectivity index is 1.49. The lowest BCUT2D eigenvalue weighted by molar-refractivity contribution is -0.137. The molecule has 2 fully saturated rings. The Bertz CT molecular complexity index is 713. The summed E-state index contributed by atoms with van der Waals surface area (Å²) >= 11 is 0. The summed E-state index contributed by atoms with van der Waals surface area (Å²) in [6.45, 7) is 1.15. The average Bonchev–Trinajstić information content (AvgIpc) is 2.87. The van der Waals surface area contributed by atoms with E-state index in [4.69, 9.17) is 9.47 Å². The van der Waals surface area contributed by atoms with E-state index in [-0.39, 0.29) is 30.4 Å². The molecule has 2 heterocycles. The molecule has 0 radical (unpaired) electrons. The molecule has 146 valence electrons. The van der Waals surface area contributed by atoms with E-state index >= 15 is 0 Å². The van der Waals surface area contributed by atoms with E-state index in [1.165, 1.54) is 11.9 Å². The molecule has 27 heavy (non-hydrogen) atoms. The number of rotatable bonds is 5. The number of hydrogen-bond donors (Lipinski definition) is 0. The molecule has 0 N–H and O–H groups in total. The van der Waals surface area contributed by atoms with Gasteiger partial charge in [0.25, 0.3) is 5.91 Å². The van der Waals surface area contributed by atoms with Crippen LogP contribution >= 0.6 is 0 Å². The van der Waals surface area contributed by atoms with E-state index in [1.807, 2.05) is 24.3 Å². The van der Waals surface area contributed by atoms with Crippen LogP contribution in [-0.4, -0.2) is 79.0 Å². The van der Waals surface area contributed by atoms with Gasteiger partial charge in [0.15, 0.2) is 0 Å². The second-order valence-corrected chi connectivity index (χ2v) is 6.88. The van der Waals surface area contributed by atoms with Gasteiger partial charge in [-0.2, -0.15) is 0 Å². The van der Waals surface area contributed by atoms with E-state index in [2.05, 4.69) is 0 Å². The Labute approximate surface area is 158 Å². The lowest BCUT2D eigenvalue weighted by atomic mass is 10.1. The summed E-state index contributed by atoms with van der Waals surface area (Å²) in [6, 6.07) is 6.35. The van der Waals surface area contributed by atoms with Crippen molar-refractivity contribution >= 4 is 17.8 Å². The van der Waals surface area contributed by atoms with Gasteiger partial charge in [0.2, 0.25) is 5.91 Å². The lowest BCUT2D eigenvalue weighted by Gasteiger charge is -2.33. The van der Waals surface area contributed by atoms with Gasteiger partial charge in [-0.05, 0) is 24.3 Å². The van der Waals surface area contributed by atoms with Gasteiger partial charge in [-0.15, -0.1) is 0 Å². The highest BCUT2D eigenvalue weighted by atomic mass is 16.5. The largest absolute Gasteiger partial charge is 0.497 e. The quantitative estimate of drug-likeness (QED) is 0.726. The van der Waals surface area contributed by atoms with Crippen molar-refractivity contribution in [3.8, 4) is 11.5 Å². The van der Waals surface area contributed by atoms with Crippen LogP contribution in [0.1, 0.15) is 19.3 Å². The molecule has 1 aromatic rings. The normalized spacial score (nSPS) is 21.0. The van der Waals surface area contributed by atoms with Crippen molar-refractivity contribution in [1.29, 1.82) is 0 Å². The molecule has 2 saturated heterocycles. The van der Waals surface area contributed by atoms with Crippen LogP contribution in [0.15, 0.2) is 24.3 Å². The number of likely N-dealkylation sites (N-methyl/N-ethyl adjacent to an activating group) is 2. The van der Waals surface area contributed by atoms with Crippen molar-refractivity contribution < 1.29 is 23.9 Å². The first kappa shape index (κ1) is 19.0. The highest BCUT2D eigenvalue weighted by Gasteiger charge is 2.42. The second kappa shape index (κ2) is 7.85. The molecule has 8 heteroatoms. The Hall–Kier alpha value is -2.77. The number of amides is 4. The molecule has 0 saturated carbocycles. The Morgan fingerprint density at radius 2 is 1.67 bits per heavy atom. The molecule has 0 bridgehead atoms. The minimum Gasteiger partial charge on any atom is -0.497 e. The monoisotopic (exact) mass is 375 g/mol. The highest BCUT2D eigenvalue weighted by molar-refractivity contribution is 6.05. The molecule has 2 aliphatic rings. The number of carbonyl (C=O) groups is 3. The first-order chi connectivity index (χ1) is 12.9. The minimum absolute atomic E-state index is 0.0232. The van der Waals surface area contributed by atoms with Crippen LogP contribution in [0.3, 0.4) is 0 Å². The van der Waals surface area contributed by atoms with Crippen molar-refractivity contribution in [2.45, 2.75) is 31.4 Å². The number of methoxy groups -OCH3 is 1. The van der Waals surface area contributed by atoms with Gasteiger partial charge in [0.05, 0.1) is 13.5 Å². The van der Waals surface area contributed by atoms with Gasteiger partial charge in [-0.25, -0.2) is 4.79 Å². The van der Waals surface area contributed by atoms with E-state index in [1.54, 1.807) is 19.1 Å². The maximum Gasteiger partial charge on any atom is 0.326 e. The van der Waals surface area contributed by atoms with Crippen molar-refractivity contribution in [2.75, 3.05) is 34.3 Å². The molecule has 2 aliphatic heterocycles. The Morgan fingerprint density at radius 1 is 1.07 bits per heavy atom. The summed E-state index contributed by atoms with van der Waals surface area (Å²) in [6.07, 6.45) is 1.52. The summed E-state index contributed by atoms with van der Waals surface area (Å²) in [4.78, 5) is 40.6. The zero-order chi connectivity index (χ0) is 19.6. The average molecular weight is 375 g/mol. The maximum absolute atomic E-state index is 12.6. The lowest BCUT2D eigenvalue weighted by Crippen LogP contribution is -2.44. The van der Waals surface area contributed by atoms with Crippen molar-refractivity contribution in [3.63, 3.8) is 0 Å². The van der Waals surface area contributed by atoms with Crippen molar-refractivity contribution in [2.24, 2.45) is 0 Å². The van der Waals surface area contributed by atoms with Crippen LogP contribution in [0.2, 0.25) is 0 Å². The summed E-state index contributed by atoms with van der Waals surface area (Å²) in [7, 11) is 4.61. The molecule has 0 unspecified atom stereocenters. The SMILES string of the molecule is COc1ccc(OC2CCN(C(=O)C[C@H]3C(=O)N(C)C(=O)N3C)CC2)cc1. The summed E-state index contributed by atoms with van der Waals surface area (Å²) < 4.78 is 11.1. The molecule has 8 nitrogen and oxygen atoms in total. The molecule has 4 amide bonds. The third-order valence-corrected chi connectivity index (χ3v) is 5.20. The van der Waals surface area contributed by atoms with Gasteiger partial charge in [-0.3, -0.25) is 14.5 Å². The van der Waals surface area contributed by atoms with E-state index in [0.29, 0.717) is 13.1 Å². The number of ether oxygens (including phenoxy) is 2. The molecular formula is C19H25N3O5. The molecule has 3 rings (SSSR count). The van der Waals surface area contributed by atoms with E-state index in [0.717, 1.165) is 29.2 Å². The van der Waals surface area contributed by atoms with Gasteiger partial charge >= 0.3 is 6.03 Å². The van der Waals surface area contributed by atoms with Crippen LogP contribution < -0.4 is 9.47 Å². The molecule has 1 atom stereocenters. The van der Waals surface area contributed by atoms with Crippen LogP contribution in [0, 0.1) is 0 Å². The summed E-state index contributed by atoms with van der Waals surface area (Å²) in [5.74, 6) is 1.12. The first-order valence-corrected chi connectivity index (χ1v) is 9.03. The number of likely N-dealkylation sites (tertiary alicyclic amines) is 1. The fraction of sp³-hybridized carbons (Fsp3) is 0.526. The molecule has 0 aliphatic carbocycles. The molecule has 0 aromatic heterocycles. The van der Waals surface area contributed by atoms with Crippen molar-refractivity contribution in [1.82, 2.24) is 14.7 Å². The topological polar surface area (TPSA) is 79.4 Å². The summed E-state index contributed by atoms with van der Waals surface area (Å²) in [5.41, 5.74) is 0. The predicted molar refractivity (Wildman–Crippen MR) is 97.6 cm³/mol. The Morgan fingerprint density at radius 3 is 2.19 bits per heavy atom. The number of imide groups is 1. The number of carbonyl (C=O) groups excluding carboxylic acids is 3. The van der Waals surface area contributed by atoms with Crippen LogP contribution in [-0.2, 0) is 9.59 Å². The highest BCUT2D eigenvalue weighted by Crippen LogP contribution is 2.23. The zero-order valence-corrected chi connectivity index (χ0v) is 15.9. The number of piperidine rings is 1. The number of nitrogens with zero attached hydrogens (tertiary/aromatic N) is 3. The van der Waals surface area contributed by atoms with Crippen molar-refractivity contribution in [3.05, 3.63) is 24.3 Å². The maximum atomic E-state index is 12.6. The number of benzene rings is 1. The van der Waals surface area contributed by atoms with Crippen LogP contribution in [0.25, 0.3) is 0 Å². The van der Waals surface area contributed by atoms with Gasteiger partial charge in [0, 0.05) is 40.0 Å². The van der Waals surface area contributed by atoms with Gasteiger partial charge in [-0.1, -0.05) is 0 Å². The smallest absolute Gasteiger partial charge is 0.326 e. The number of hydrogen-bond acceptors (Lipinski definition) is 5. The Kier molecular flexibility index (Phi) is 5.53.